The summed E-state index contributed by atoms with van der Waals surface area (Å²) in [4.78, 5) is 11.1. The third-order valence-electron chi connectivity index (χ3n) is 2.59. The minimum Gasteiger partial charge on any atom is -0.476 e. The van der Waals surface area contributed by atoms with E-state index in [9.17, 15) is 4.79 Å². The number of benzene rings is 1. The third kappa shape index (κ3) is 2.66. The number of hydrogen-bond acceptors (Lipinski definition) is 2. The summed E-state index contributed by atoms with van der Waals surface area (Å²) in [6, 6.07) is 9.80. The molecule has 0 aliphatic heterocycles. The van der Waals surface area contributed by atoms with E-state index in [0.717, 1.165) is 5.56 Å². The molecule has 2 aromatic rings. The summed E-state index contributed by atoms with van der Waals surface area (Å²) in [5, 5.41) is 13.2. The van der Waals surface area contributed by atoms with E-state index < -0.39 is 5.97 Å². The Labute approximate surface area is 105 Å². The van der Waals surface area contributed by atoms with Gasteiger partial charge in [0.1, 0.15) is 0 Å². The number of nitrogens with zero attached hydrogens (tertiary/aromatic N) is 2. The summed E-state index contributed by atoms with van der Waals surface area (Å²) in [5.41, 5.74) is 1.88. The molecule has 92 valence electrons. The largest absolute Gasteiger partial charge is 0.476 e. The van der Waals surface area contributed by atoms with Crippen molar-refractivity contribution < 1.29 is 9.90 Å². The molecule has 1 aromatic heterocycles. The second-order valence-electron chi connectivity index (χ2n) is 3.98. The number of allylic oxidation sites excluding steroid dienone is 1. The maximum Gasteiger partial charge on any atom is 0.356 e. The summed E-state index contributed by atoms with van der Waals surface area (Å²) in [5.74, 6) is -1.00. The van der Waals surface area contributed by atoms with Gasteiger partial charge >= 0.3 is 5.97 Å². The van der Waals surface area contributed by atoms with Crippen LogP contribution in [0, 0.1) is 0 Å². The van der Waals surface area contributed by atoms with Crippen LogP contribution in [-0.2, 0) is 13.0 Å². The lowest BCUT2D eigenvalue weighted by Gasteiger charge is -2.00. The van der Waals surface area contributed by atoms with Crippen molar-refractivity contribution >= 4 is 5.97 Å². The summed E-state index contributed by atoms with van der Waals surface area (Å²) in [6.07, 6.45) is 3.95. The topological polar surface area (TPSA) is 55.1 Å². The van der Waals surface area contributed by atoms with Crippen LogP contribution < -0.4 is 0 Å². The first-order valence-electron chi connectivity index (χ1n) is 5.65. The van der Waals surface area contributed by atoms with Crippen LogP contribution in [0.2, 0.25) is 0 Å². The fourth-order valence-corrected chi connectivity index (χ4v) is 1.80. The highest BCUT2D eigenvalue weighted by Gasteiger charge is 2.14. The standard InChI is InChI=1S/C14H14N2O2/c1-2-6-12-10-16(15-13(12)14(17)18)9-11-7-4-3-5-8-11/h2-5,7-8,10H,1,6,9H2,(H,17,18). The van der Waals surface area contributed by atoms with Gasteiger partial charge in [-0.05, 0) is 12.0 Å². The number of aromatic carboxylic acids is 1. The van der Waals surface area contributed by atoms with Gasteiger partial charge in [-0.25, -0.2) is 4.79 Å². The highest BCUT2D eigenvalue weighted by atomic mass is 16.4. The van der Waals surface area contributed by atoms with Gasteiger partial charge in [-0.3, -0.25) is 4.68 Å². The van der Waals surface area contributed by atoms with Crippen molar-refractivity contribution in [3.63, 3.8) is 0 Å². The monoisotopic (exact) mass is 242 g/mol. The zero-order valence-corrected chi connectivity index (χ0v) is 9.91. The van der Waals surface area contributed by atoms with Gasteiger partial charge in [-0.15, -0.1) is 6.58 Å². The van der Waals surface area contributed by atoms with Crippen LogP contribution >= 0.6 is 0 Å². The van der Waals surface area contributed by atoms with Gasteiger partial charge in [0.25, 0.3) is 0 Å². The Morgan fingerprint density at radius 2 is 2.11 bits per heavy atom. The average molecular weight is 242 g/mol. The fourth-order valence-electron chi connectivity index (χ4n) is 1.80. The molecule has 0 aliphatic rings. The molecule has 0 unspecified atom stereocenters. The maximum absolute atomic E-state index is 11.1. The molecule has 0 fully saturated rings. The molecular formula is C14H14N2O2. The molecule has 18 heavy (non-hydrogen) atoms. The second-order valence-corrected chi connectivity index (χ2v) is 3.98. The Balaban J connectivity index is 2.26. The summed E-state index contributed by atoms with van der Waals surface area (Å²) in [7, 11) is 0. The quantitative estimate of drug-likeness (QED) is 0.819. The van der Waals surface area contributed by atoms with E-state index in [1.807, 2.05) is 30.3 Å². The highest BCUT2D eigenvalue weighted by molar-refractivity contribution is 5.87. The molecule has 4 nitrogen and oxygen atoms in total. The highest BCUT2D eigenvalue weighted by Crippen LogP contribution is 2.10. The fraction of sp³-hybridized carbons (Fsp3) is 0.143. The lowest BCUT2D eigenvalue weighted by Crippen LogP contribution is -2.04. The molecule has 0 bridgehead atoms. The zero-order valence-electron chi connectivity index (χ0n) is 9.91. The molecule has 1 aromatic carbocycles. The normalized spacial score (nSPS) is 10.2. The zero-order chi connectivity index (χ0) is 13.0. The van der Waals surface area contributed by atoms with Gasteiger partial charge in [-0.2, -0.15) is 5.10 Å². The van der Waals surface area contributed by atoms with Gasteiger partial charge in [0, 0.05) is 11.8 Å². The summed E-state index contributed by atoms with van der Waals surface area (Å²) in [6.45, 7) is 4.19. The van der Waals surface area contributed by atoms with Gasteiger partial charge in [0.2, 0.25) is 0 Å². The molecular weight excluding hydrogens is 228 g/mol. The van der Waals surface area contributed by atoms with E-state index in [2.05, 4.69) is 11.7 Å². The van der Waals surface area contributed by atoms with Crippen molar-refractivity contribution in [1.82, 2.24) is 9.78 Å². The number of carbonyl (C=O) groups is 1. The minimum atomic E-state index is -1.00. The molecule has 0 saturated heterocycles. The Bertz CT molecular complexity index is 558. The van der Waals surface area contributed by atoms with Crippen LogP contribution in [0.5, 0.6) is 0 Å². The Hall–Kier alpha value is -2.36. The lowest BCUT2D eigenvalue weighted by molar-refractivity contribution is 0.0688. The van der Waals surface area contributed by atoms with E-state index in [-0.39, 0.29) is 5.69 Å². The SMILES string of the molecule is C=CCc1cn(Cc2ccccc2)nc1C(=O)O. The number of hydrogen-bond donors (Lipinski definition) is 1. The molecule has 1 heterocycles. The van der Waals surface area contributed by atoms with Crippen molar-refractivity contribution in [2.75, 3.05) is 0 Å². The number of aromatic nitrogens is 2. The second kappa shape index (κ2) is 5.31. The van der Waals surface area contributed by atoms with Crippen molar-refractivity contribution in [3.05, 3.63) is 66.0 Å². The third-order valence-corrected chi connectivity index (χ3v) is 2.59. The van der Waals surface area contributed by atoms with Crippen LogP contribution in [0.25, 0.3) is 0 Å². The van der Waals surface area contributed by atoms with E-state index in [0.29, 0.717) is 18.5 Å². The summed E-state index contributed by atoms with van der Waals surface area (Å²) < 4.78 is 1.65. The van der Waals surface area contributed by atoms with E-state index in [1.54, 1.807) is 17.0 Å². The molecule has 2 rings (SSSR count). The predicted octanol–water partition coefficient (Wildman–Crippen LogP) is 2.36. The number of carboxylic acids is 1. The predicted molar refractivity (Wildman–Crippen MR) is 68.6 cm³/mol. The first kappa shape index (κ1) is 12.1. The first-order chi connectivity index (χ1) is 8.70. The molecule has 0 spiro atoms. The van der Waals surface area contributed by atoms with Gasteiger partial charge in [0.15, 0.2) is 5.69 Å². The van der Waals surface area contributed by atoms with Crippen LogP contribution in [0.15, 0.2) is 49.2 Å². The molecule has 0 aliphatic carbocycles. The van der Waals surface area contributed by atoms with Crippen LogP contribution in [0.1, 0.15) is 21.6 Å². The molecule has 0 radical (unpaired) electrons. The molecule has 0 amide bonds. The van der Waals surface area contributed by atoms with E-state index in [1.165, 1.54) is 0 Å². The minimum absolute atomic E-state index is 0.103. The van der Waals surface area contributed by atoms with Gasteiger partial charge in [0.05, 0.1) is 6.54 Å². The maximum atomic E-state index is 11.1. The lowest BCUT2D eigenvalue weighted by atomic mass is 10.2. The Morgan fingerprint density at radius 1 is 1.39 bits per heavy atom. The first-order valence-corrected chi connectivity index (χ1v) is 5.65. The average Bonchev–Trinajstić information content (AvgIpc) is 2.74. The number of rotatable bonds is 5. The van der Waals surface area contributed by atoms with Gasteiger partial charge in [-0.1, -0.05) is 36.4 Å². The molecule has 1 N–H and O–H groups in total. The Morgan fingerprint density at radius 3 is 2.72 bits per heavy atom. The van der Waals surface area contributed by atoms with Crippen molar-refractivity contribution in [2.45, 2.75) is 13.0 Å². The van der Waals surface area contributed by atoms with Crippen LogP contribution in [0.4, 0.5) is 0 Å². The Kier molecular flexibility index (Phi) is 3.57. The van der Waals surface area contributed by atoms with Gasteiger partial charge < -0.3 is 5.11 Å². The van der Waals surface area contributed by atoms with Crippen molar-refractivity contribution in [2.24, 2.45) is 0 Å². The van der Waals surface area contributed by atoms with Crippen molar-refractivity contribution in [1.29, 1.82) is 0 Å². The molecule has 4 heteroatoms. The molecule has 0 atom stereocenters. The molecule has 0 saturated carbocycles. The van der Waals surface area contributed by atoms with Crippen LogP contribution in [0.3, 0.4) is 0 Å². The number of carboxylic acid groups (broad SMARTS) is 1. The van der Waals surface area contributed by atoms with Crippen molar-refractivity contribution in [3.8, 4) is 0 Å². The van der Waals surface area contributed by atoms with E-state index in [4.69, 9.17) is 5.11 Å². The summed E-state index contributed by atoms with van der Waals surface area (Å²) >= 11 is 0. The van der Waals surface area contributed by atoms with Crippen LogP contribution in [-0.4, -0.2) is 20.9 Å². The van der Waals surface area contributed by atoms with E-state index >= 15 is 0 Å². The smallest absolute Gasteiger partial charge is 0.356 e.